The normalized spacial score (nSPS) is 14.9. The second kappa shape index (κ2) is 18.2. The second-order valence-electron chi connectivity index (χ2n) is 13.3. The van der Waals surface area contributed by atoms with Crippen LogP contribution in [0.4, 0.5) is 0 Å². The first-order valence-corrected chi connectivity index (χ1v) is 14.1. The Morgan fingerprint density at radius 3 is 1.40 bits per heavy atom. The van der Waals surface area contributed by atoms with Crippen molar-refractivity contribution in [3.63, 3.8) is 0 Å². The molecule has 0 spiro atoms. The Labute approximate surface area is 217 Å². The summed E-state index contributed by atoms with van der Waals surface area (Å²) in [6, 6.07) is 0. The van der Waals surface area contributed by atoms with Gasteiger partial charge in [0.1, 0.15) is 6.42 Å². The minimum absolute atomic E-state index is 0.299. The summed E-state index contributed by atoms with van der Waals surface area (Å²) in [7, 11) is 0. The lowest BCUT2D eigenvalue weighted by Gasteiger charge is -2.20. The summed E-state index contributed by atoms with van der Waals surface area (Å²) in [5.41, 5.74) is 0.734. The van der Waals surface area contributed by atoms with Crippen LogP contribution in [0.3, 0.4) is 0 Å². The minimum atomic E-state index is -0.494. The highest BCUT2D eigenvalue weighted by Crippen LogP contribution is 2.25. The molecule has 35 heavy (non-hydrogen) atoms. The molecule has 5 heteroatoms. The van der Waals surface area contributed by atoms with Gasteiger partial charge in [0.2, 0.25) is 0 Å². The Kier molecular flexibility index (Phi) is 17.6. The van der Waals surface area contributed by atoms with Crippen molar-refractivity contribution >= 4 is 11.9 Å². The standard InChI is InChI=1S/C30H58O5/c1-24(11-10-19-33-20-14-25(2)12-17-29(4,5)6)15-21-34-27(31)23-28(32)35-22-16-26(3)13-18-30(7,8)9/h24-26H,10-23H2,1-9H3. The quantitative estimate of drug-likeness (QED) is 0.103. The smallest absolute Gasteiger partial charge is 0.317 e. The SMILES string of the molecule is CC(CCCOCCC(C)CCC(C)(C)C)CCOC(=O)CC(=O)OCCC(C)CCC(C)(C)C. The van der Waals surface area contributed by atoms with Gasteiger partial charge in [-0.2, -0.15) is 0 Å². The molecule has 5 nitrogen and oxygen atoms in total. The zero-order chi connectivity index (χ0) is 26.9. The van der Waals surface area contributed by atoms with Crippen LogP contribution in [0.15, 0.2) is 0 Å². The summed E-state index contributed by atoms with van der Waals surface area (Å²) in [6.07, 6.45) is 9.31. The molecule has 3 atom stereocenters. The van der Waals surface area contributed by atoms with E-state index in [-0.39, 0.29) is 6.42 Å². The molecule has 0 saturated carbocycles. The van der Waals surface area contributed by atoms with E-state index in [1.54, 1.807) is 0 Å². The maximum absolute atomic E-state index is 11.9. The molecule has 0 amide bonds. The van der Waals surface area contributed by atoms with Gasteiger partial charge >= 0.3 is 11.9 Å². The molecule has 0 aromatic carbocycles. The molecule has 0 fully saturated rings. The van der Waals surface area contributed by atoms with Crippen LogP contribution in [0.25, 0.3) is 0 Å². The van der Waals surface area contributed by atoms with Crippen LogP contribution in [-0.2, 0) is 23.8 Å². The number of rotatable bonds is 19. The van der Waals surface area contributed by atoms with Crippen LogP contribution in [-0.4, -0.2) is 38.4 Å². The lowest BCUT2D eigenvalue weighted by atomic mass is 9.86. The van der Waals surface area contributed by atoms with Gasteiger partial charge in [-0.3, -0.25) is 9.59 Å². The summed E-state index contributed by atoms with van der Waals surface area (Å²) in [6.45, 7) is 22.6. The number of carbonyl (C=O) groups excluding carboxylic acids is 2. The van der Waals surface area contributed by atoms with Crippen molar-refractivity contribution in [2.75, 3.05) is 26.4 Å². The lowest BCUT2D eigenvalue weighted by Crippen LogP contribution is -2.17. The van der Waals surface area contributed by atoms with E-state index in [0.717, 1.165) is 58.2 Å². The second-order valence-corrected chi connectivity index (χ2v) is 13.3. The molecule has 0 aliphatic rings. The topological polar surface area (TPSA) is 61.8 Å². The Hall–Kier alpha value is -1.10. The maximum Gasteiger partial charge on any atom is 0.317 e. The van der Waals surface area contributed by atoms with E-state index in [0.29, 0.717) is 41.8 Å². The van der Waals surface area contributed by atoms with Crippen LogP contribution in [0.2, 0.25) is 0 Å². The molecule has 0 rings (SSSR count). The van der Waals surface area contributed by atoms with Gasteiger partial charge < -0.3 is 14.2 Å². The zero-order valence-corrected chi connectivity index (χ0v) is 24.7. The van der Waals surface area contributed by atoms with E-state index < -0.39 is 11.9 Å². The molecule has 3 unspecified atom stereocenters. The lowest BCUT2D eigenvalue weighted by molar-refractivity contribution is -0.154. The van der Waals surface area contributed by atoms with Crippen molar-refractivity contribution in [1.29, 1.82) is 0 Å². The van der Waals surface area contributed by atoms with Gasteiger partial charge in [0, 0.05) is 13.2 Å². The van der Waals surface area contributed by atoms with Gasteiger partial charge in [-0.15, -0.1) is 0 Å². The van der Waals surface area contributed by atoms with Crippen molar-refractivity contribution < 1.29 is 23.8 Å². The molecule has 0 radical (unpaired) electrons. The highest BCUT2D eigenvalue weighted by Gasteiger charge is 2.16. The Morgan fingerprint density at radius 1 is 0.571 bits per heavy atom. The molecular weight excluding hydrogens is 440 g/mol. The number of hydrogen-bond acceptors (Lipinski definition) is 5. The van der Waals surface area contributed by atoms with E-state index in [9.17, 15) is 9.59 Å². The van der Waals surface area contributed by atoms with Crippen molar-refractivity contribution in [3.8, 4) is 0 Å². The molecule has 0 aromatic rings. The molecule has 0 aliphatic carbocycles. The van der Waals surface area contributed by atoms with E-state index in [1.165, 1.54) is 12.8 Å². The fourth-order valence-corrected chi connectivity index (χ4v) is 3.68. The van der Waals surface area contributed by atoms with Crippen LogP contribution in [0, 0.1) is 28.6 Å². The van der Waals surface area contributed by atoms with Crippen LogP contribution in [0.5, 0.6) is 0 Å². The van der Waals surface area contributed by atoms with E-state index in [4.69, 9.17) is 14.2 Å². The first-order chi connectivity index (χ1) is 16.2. The van der Waals surface area contributed by atoms with E-state index in [1.807, 2.05) is 0 Å². The minimum Gasteiger partial charge on any atom is -0.465 e. The Morgan fingerprint density at radius 2 is 0.971 bits per heavy atom. The third-order valence-electron chi connectivity index (χ3n) is 6.55. The van der Waals surface area contributed by atoms with Crippen molar-refractivity contribution in [1.82, 2.24) is 0 Å². The highest BCUT2D eigenvalue weighted by atomic mass is 16.6. The predicted octanol–water partition coefficient (Wildman–Crippen LogP) is 7.99. The predicted molar refractivity (Wildman–Crippen MR) is 145 cm³/mol. The van der Waals surface area contributed by atoms with Crippen molar-refractivity contribution in [2.24, 2.45) is 28.6 Å². The average Bonchev–Trinajstić information content (AvgIpc) is 2.72. The number of hydrogen-bond donors (Lipinski definition) is 0. The van der Waals surface area contributed by atoms with Crippen molar-refractivity contribution in [2.45, 2.75) is 127 Å². The molecule has 0 aromatic heterocycles. The molecule has 0 bridgehead atoms. The molecule has 0 N–H and O–H groups in total. The zero-order valence-electron chi connectivity index (χ0n) is 24.7. The molecule has 208 valence electrons. The van der Waals surface area contributed by atoms with Gasteiger partial charge in [-0.25, -0.2) is 0 Å². The summed E-state index contributed by atoms with van der Waals surface area (Å²) in [5, 5.41) is 0. The Balaban J connectivity index is 3.69. The first-order valence-electron chi connectivity index (χ1n) is 14.1. The average molecular weight is 499 g/mol. The van der Waals surface area contributed by atoms with Crippen LogP contribution < -0.4 is 0 Å². The number of ether oxygens (including phenoxy) is 3. The van der Waals surface area contributed by atoms with E-state index >= 15 is 0 Å². The largest absolute Gasteiger partial charge is 0.465 e. The summed E-state index contributed by atoms with van der Waals surface area (Å²) >= 11 is 0. The monoisotopic (exact) mass is 498 g/mol. The van der Waals surface area contributed by atoms with Gasteiger partial charge in [-0.1, -0.05) is 75.2 Å². The summed E-state index contributed by atoms with van der Waals surface area (Å²) < 4.78 is 16.3. The fraction of sp³-hybridized carbons (Fsp3) is 0.933. The molecule has 0 aliphatic heterocycles. The van der Waals surface area contributed by atoms with Crippen LogP contribution in [0.1, 0.15) is 127 Å². The summed E-state index contributed by atoms with van der Waals surface area (Å²) in [5.74, 6) is 0.687. The number of carbonyl (C=O) groups is 2. The van der Waals surface area contributed by atoms with Crippen LogP contribution >= 0.6 is 0 Å². The van der Waals surface area contributed by atoms with Gasteiger partial charge in [0.15, 0.2) is 0 Å². The van der Waals surface area contributed by atoms with Gasteiger partial charge in [-0.05, 0) is 73.5 Å². The molecule has 0 heterocycles. The van der Waals surface area contributed by atoms with Crippen molar-refractivity contribution in [3.05, 3.63) is 0 Å². The van der Waals surface area contributed by atoms with Gasteiger partial charge in [0.05, 0.1) is 13.2 Å². The highest BCUT2D eigenvalue weighted by molar-refractivity contribution is 5.91. The first kappa shape index (κ1) is 33.9. The maximum atomic E-state index is 11.9. The Bertz CT molecular complexity index is 558. The fourth-order valence-electron chi connectivity index (χ4n) is 3.68. The van der Waals surface area contributed by atoms with Gasteiger partial charge in [0.25, 0.3) is 0 Å². The third kappa shape index (κ3) is 24.4. The summed E-state index contributed by atoms with van der Waals surface area (Å²) in [4.78, 5) is 23.8. The third-order valence-corrected chi connectivity index (χ3v) is 6.55. The molecular formula is C30H58O5. The molecule has 0 saturated heterocycles. The van der Waals surface area contributed by atoms with E-state index in [2.05, 4.69) is 62.3 Å². The number of esters is 2.